The molecule has 0 aromatic carbocycles. The first-order valence-corrected chi connectivity index (χ1v) is 5.57. The Bertz CT molecular complexity index is 526. The molecule has 0 aliphatic heterocycles. The lowest BCUT2D eigenvalue weighted by molar-refractivity contribution is 0.201. The van der Waals surface area contributed by atoms with Crippen molar-refractivity contribution in [3.63, 3.8) is 0 Å². The van der Waals surface area contributed by atoms with Crippen LogP contribution in [0.5, 0.6) is 0 Å². The monoisotopic (exact) mass is 265 g/mol. The number of nitrogens with zero attached hydrogens (tertiary/aromatic N) is 7. The Balaban J connectivity index is 2.36. The van der Waals surface area contributed by atoms with Gasteiger partial charge in [-0.2, -0.15) is 24.7 Å². The Hall–Kier alpha value is -2.33. The molecule has 2 rings (SSSR count). The van der Waals surface area contributed by atoms with Crippen LogP contribution in [0.1, 0.15) is 6.92 Å². The molecule has 0 spiro atoms. The van der Waals surface area contributed by atoms with E-state index < -0.39 is 6.10 Å². The second-order valence-electron chi connectivity index (χ2n) is 3.97. The molecule has 0 saturated heterocycles. The summed E-state index contributed by atoms with van der Waals surface area (Å²) >= 11 is 0. The number of rotatable bonds is 5. The van der Waals surface area contributed by atoms with E-state index in [-0.39, 0.29) is 11.9 Å². The zero-order valence-electron chi connectivity index (χ0n) is 10.6. The molecule has 0 aliphatic rings. The number of aliphatic hydroxyl groups is 1. The molecule has 0 bridgehead atoms. The number of nitrogen functional groups attached to an aromatic ring is 1. The van der Waals surface area contributed by atoms with Crippen LogP contribution in [-0.4, -0.2) is 54.5 Å². The number of hydrazine groups is 1. The summed E-state index contributed by atoms with van der Waals surface area (Å²) in [5, 5.41) is 13.3. The third kappa shape index (κ3) is 3.11. The lowest BCUT2D eigenvalue weighted by Crippen LogP contribution is -2.29. The van der Waals surface area contributed by atoms with Gasteiger partial charge in [0.25, 0.3) is 5.95 Å². The number of likely N-dealkylation sites (N-methyl/N-ethyl adjacent to an activating group) is 1. The zero-order chi connectivity index (χ0) is 13.8. The van der Waals surface area contributed by atoms with Gasteiger partial charge in [0.05, 0.1) is 6.10 Å². The molecule has 10 nitrogen and oxygen atoms in total. The highest BCUT2D eigenvalue weighted by Gasteiger charge is 2.13. The van der Waals surface area contributed by atoms with Crippen molar-refractivity contribution in [3.8, 4) is 5.95 Å². The van der Waals surface area contributed by atoms with Crippen LogP contribution in [0.2, 0.25) is 0 Å². The van der Waals surface area contributed by atoms with Crippen molar-refractivity contribution in [3.05, 3.63) is 12.7 Å². The van der Waals surface area contributed by atoms with Gasteiger partial charge >= 0.3 is 0 Å². The molecule has 0 fully saturated rings. The second-order valence-corrected chi connectivity index (χ2v) is 3.97. The number of aliphatic hydroxyl groups excluding tert-OH is 1. The highest BCUT2D eigenvalue weighted by Crippen LogP contribution is 2.11. The Kier molecular flexibility index (Phi) is 3.82. The summed E-state index contributed by atoms with van der Waals surface area (Å²) in [6.45, 7) is 2.06. The fraction of sp³-hybridized carbons (Fsp3) is 0.444. The van der Waals surface area contributed by atoms with Gasteiger partial charge in [-0.3, -0.25) is 5.43 Å². The third-order valence-corrected chi connectivity index (χ3v) is 2.24. The van der Waals surface area contributed by atoms with E-state index in [0.29, 0.717) is 12.5 Å². The Labute approximate surface area is 109 Å². The van der Waals surface area contributed by atoms with Crippen LogP contribution in [0.25, 0.3) is 5.95 Å². The molecule has 4 N–H and O–H groups in total. The average molecular weight is 265 g/mol. The maximum Gasteiger partial charge on any atom is 0.258 e. The van der Waals surface area contributed by atoms with Gasteiger partial charge in [0, 0.05) is 13.6 Å². The maximum absolute atomic E-state index is 9.38. The van der Waals surface area contributed by atoms with E-state index in [0.717, 1.165) is 0 Å². The molecule has 0 aliphatic carbocycles. The van der Waals surface area contributed by atoms with Gasteiger partial charge in [0.1, 0.15) is 12.7 Å². The molecule has 10 heteroatoms. The minimum Gasteiger partial charge on any atom is -0.392 e. The largest absolute Gasteiger partial charge is 0.392 e. The summed E-state index contributed by atoms with van der Waals surface area (Å²) in [5.41, 5.74) is 2.36. The number of anilines is 2. The van der Waals surface area contributed by atoms with Crippen molar-refractivity contribution < 1.29 is 5.11 Å². The average Bonchev–Trinajstić information content (AvgIpc) is 2.91. The topological polar surface area (TPSA) is 131 Å². The molecule has 102 valence electrons. The minimum atomic E-state index is -0.508. The minimum absolute atomic E-state index is 0.202. The fourth-order valence-corrected chi connectivity index (χ4v) is 1.48. The van der Waals surface area contributed by atoms with Crippen molar-refractivity contribution in [1.29, 1.82) is 0 Å². The van der Waals surface area contributed by atoms with Crippen LogP contribution in [0, 0.1) is 0 Å². The van der Waals surface area contributed by atoms with E-state index in [2.05, 4.69) is 30.5 Å². The number of hydrogen-bond donors (Lipinski definition) is 3. The van der Waals surface area contributed by atoms with Gasteiger partial charge in [-0.05, 0) is 6.92 Å². The molecule has 2 heterocycles. The summed E-state index contributed by atoms with van der Waals surface area (Å²) in [5.74, 6) is 6.18. The first-order valence-electron chi connectivity index (χ1n) is 5.57. The van der Waals surface area contributed by atoms with Gasteiger partial charge in [-0.1, -0.05) is 0 Å². The molecule has 0 amide bonds. The van der Waals surface area contributed by atoms with Crippen LogP contribution in [-0.2, 0) is 0 Å². The quantitative estimate of drug-likeness (QED) is 0.439. The van der Waals surface area contributed by atoms with Crippen LogP contribution in [0.3, 0.4) is 0 Å². The van der Waals surface area contributed by atoms with Gasteiger partial charge in [0.15, 0.2) is 0 Å². The highest BCUT2D eigenvalue weighted by atomic mass is 16.3. The molecule has 2 aromatic heterocycles. The van der Waals surface area contributed by atoms with Crippen molar-refractivity contribution in [2.45, 2.75) is 13.0 Å². The normalized spacial score (nSPS) is 12.2. The molecular weight excluding hydrogens is 250 g/mol. The Morgan fingerprint density at radius 1 is 1.47 bits per heavy atom. The smallest absolute Gasteiger partial charge is 0.258 e. The first kappa shape index (κ1) is 13.1. The van der Waals surface area contributed by atoms with E-state index in [9.17, 15) is 5.11 Å². The fourth-order valence-electron chi connectivity index (χ4n) is 1.48. The molecule has 0 radical (unpaired) electrons. The third-order valence-electron chi connectivity index (χ3n) is 2.24. The standard InChI is InChI=1S/C9H15N9O/c1-6(19)3-17(2)8-13-7(16-10)14-9(15-8)18-5-11-4-12-18/h4-6,19H,3,10H2,1-2H3,(H,13,14,15,16). The first-order chi connectivity index (χ1) is 9.10. The SMILES string of the molecule is CC(O)CN(C)c1nc(NN)nc(-n2cncn2)n1. The van der Waals surface area contributed by atoms with Crippen molar-refractivity contribution in [2.24, 2.45) is 5.84 Å². The van der Waals surface area contributed by atoms with Crippen molar-refractivity contribution in [2.75, 3.05) is 23.9 Å². The molecule has 19 heavy (non-hydrogen) atoms. The van der Waals surface area contributed by atoms with Crippen LogP contribution < -0.4 is 16.2 Å². The maximum atomic E-state index is 9.38. The van der Waals surface area contributed by atoms with E-state index in [4.69, 9.17) is 5.84 Å². The number of nitrogens with one attached hydrogen (secondary N) is 1. The Morgan fingerprint density at radius 3 is 2.84 bits per heavy atom. The predicted molar refractivity (Wildman–Crippen MR) is 67.5 cm³/mol. The second kappa shape index (κ2) is 5.54. The summed E-state index contributed by atoms with van der Waals surface area (Å²) in [6, 6.07) is 0. The predicted octanol–water partition coefficient (Wildman–Crippen LogP) is -1.45. The molecule has 2 aromatic rings. The zero-order valence-corrected chi connectivity index (χ0v) is 10.6. The van der Waals surface area contributed by atoms with Gasteiger partial charge in [-0.15, -0.1) is 0 Å². The van der Waals surface area contributed by atoms with Crippen molar-refractivity contribution >= 4 is 11.9 Å². The van der Waals surface area contributed by atoms with E-state index in [1.165, 1.54) is 17.3 Å². The van der Waals surface area contributed by atoms with Crippen LogP contribution in [0.4, 0.5) is 11.9 Å². The van der Waals surface area contributed by atoms with Gasteiger partial charge in [0.2, 0.25) is 11.9 Å². The van der Waals surface area contributed by atoms with Crippen molar-refractivity contribution in [1.82, 2.24) is 29.7 Å². The molecule has 0 saturated carbocycles. The molecule has 1 unspecified atom stereocenters. The summed E-state index contributed by atoms with van der Waals surface area (Å²) in [7, 11) is 1.76. The van der Waals surface area contributed by atoms with E-state index in [1.54, 1.807) is 18.9 Å². The van der Waals surface area contributed by atoms with E-state index >= 15 is 0 Å². The number of nitrogens with two attached hydrogens (primary N) is 1. The van der Waals surface area contributed by atoms with Gasteiger partial charge < -0.3 is 10.0 Å². The lowest BCUT2D eigenvalue weighted by Gasteiger charge is -2.19. The van der Waals surface area contributed by atoms with Crippen LogP contribution in [0.15, 0.2) is 12.7 Å². The Morgan fingerprint density at radius 2 is 2.26 bits per heavy atom. The summed E-state index contributed by atoms with van der Waals surface area (Å²) in [6.07, 6.45) is 2.33. The highest BCUT2D eigenvalue weighted by molar-refractivity contribution is 5.38. The molecule has 1 atom stereocenters. The van der Waals surface area contributed by atoms with Gasteiger partial charge in [-0.25, -0.2) is 10.8 Å². The van der Waals surface area contributed by atoms with Crippen LogP contribution >= 0.6 is 0 Å². The summed E-state index contributed by atoms with van der Waals surface area (Å²) < 4.78 is 1.39. The summed E-state index contributed by atoms with van der Waals surface area (Å²) in [4.78, 5) is 17.9. The number of hydrogen-bond acceptors (Lipinski definition) is 9. The van der Waals surface area contributed by atoms with E-state index in [1.807, 2.05) is 0 Å². The lowest BCUT2D eigenvalue weighted by atomic mass is 10.4. The number of aromatic nitrogens is 6. The molecular formula is C9H15N9O.